The molecule has 2 rings (SSSR count). The van der Waals surface area contributed by atoms with Crippen LogP contribution in [0.25, 0.3) is 0 Å². The molecule has 0 radical (unpaired) electrons. The molecule has 1 aromatic carbocycles. The maximum Gasteiger partial charge on any atom is 0.330 e. The van der Waals surface area contributed by atoms with E-state index in [0.717, 1.165) is 36.3 Å². The van der Waals surface area contributed by atoms with Gasteiger partial charge in [-0.3, -0.25) is 0 Å². The number of carbonyl (C=O) groups is 2. The molecule has 160 valence electrons. The summed E-state index contributed by atoms with van der Waals surface area (Å²) < 4.78 is 32.3. The smallest absolute Gasteiger partial charge is 0.330 e. The van der Waals surface area contributed by atoms with E-state index in [0.29, 0.717) is 17.2 Å². The molecule has 0 aromatic heterocycles. The molecule has 4 amide bonds. The number of halogens is 2. The van der Waals surface area contributed by atoms with Crippen molar-refractivity contribution in [3.63, 3.8) is 0 Å². The van der Waals surface area contributed by atoms with Gasteiger partial charge in [-0.05, 0) is 42.5 Å². The molecule has 0 aliphatic carbocycles. The topological polar surface area (TPSA) is 70.7 Å². The minimum atomic E-state index is -1.04. The van der Waals surface area contributed by atoms with Gasteiger partial charge in [-0.15, -0.1) is 0 Å². The molecule has 29 heavy (non-hydrogen) atoms. The second kappa shape index (κ2) is 10.3. The number of hydrogen-bond donors (Lipinski definition) is 2. The lowest BCUT2D eigenvalue weighted by Crippen LogP contribution is -2.54. The Morgan fingerprint density at radius 1 is 1.31 bits per heavy atom. The van der Waals surface area contributed by atoms with Crippen LogP contribution in [0.2, 0.25) is 0 Å². The molecule has 0 saturated carbocycles. The third-order valence-corrected chi connectivity index (χ3v) is 4.65. The van der Waals surface area contributed by atoms with Crippen molar-refractivity contribution in [1.29, 1.82) is 0 Å². The van der Waals surface area contributed by atoms with Crippen LogP contribution in [0, 0.1) is 17.6 Å². The number of nitrogens with zero attached hydrogens (tertiary/aromatic N) is 1. The number of rotatable bonds is 8. The van der Waals surface area contributed by atoms with Crippen molar-refractivity contribution in [2.75, 3.05) is 13.7 Å². The first-order valence-electron chi connectivity index (χ1n) is 9.82. The molecule has 0 spiro atoms. The Bertz CT molecular complexity index is 768. The van der Waals surface area contributed by atoms with Crippen molar-refractivity contribution < 1.29 is 23.1 Å². The fourth-order valence-corrected chi connectivity index (χ4v) is 3.44. The van der Waals surface area contributed by atoms with E-state index < -0.39 is 29.7 Å². The Hall–Kier alpha value is -2.48. The Morgan fingerprint density at radius 3 is 2.62 bits per heavy atom. The van der Waals surface area contributed by atoms with Gasteiger partial charge in [-0.1, -0.05) is 33.3 Å². The molecule has 1 aromatic rings. The molecular weight excluding hydrogens is 380 g/mol. The zero-order chi connectivity index (χ0) is 21.6. The first-order chi connectivity index (χ1) is 13.8. The highest BCUT2D eigenvalue weighted by Gasteiger charge is 2.35. The van der Waals surface area contributed by atoms with E-state index in [9.17, 15) is 18.4 Å². The van der Waals surface area contributed by atoms with Gasteiger partial charge in [0.2, 0.25) is 0 Å². The van der Waals surface area contributed by atoms with Crippen LogP contribution in [-0.2, 0) is 4.74 Å². The molecule has 1 aliphatic rings. The molecular formula is C21H29F2N3O3. The maximum absolute atomic E-state index is 13.8. The Morgan fingerprint density at radius 2 is 2.03 bits per heavy atom. The maximum atomic E-state index is 13.8. The number of methoxy groups -OCH3 is 1. The predicted molar refractivity (Wildman–Crippen MR) is 106 cm³/mol. The number of nitrogens with one attached hydrogen (secondary N) is 2. The summed E-state index contributed by atoms with van der Waals surface area (Å²) in [7, 11) is 1.47. The van der Waals surface area contributed by atoms with Crippen molar-refractivity contribution in [2.45, 2.75) is 52.1 Å². The summed E-state index contributed by atoms with van der Waals surface area (Å²) >= 11 is 0. The summed E-state index contributed by atoms with van der Waals surface area (Å²) in [6.45, 7) is 6.27. The van der Waals surface area contributed by atoms with Gasteiger partial charge in [0.15, 0.2) is 11.6 Å². The third kappa shape index (κ3) is 6.00. The summed E-state index contributed by atoms with van der Waals surface area (Å²) in [5.74, 6) is -1.66. The summed E-state index contributed by atoms with van der Waals surface area (Å²) in [4.78, 5) is 26.7. The van der Waals surface area contributed by atoms with Crippen molar-refractivity contribution in [2.24, 2.45) is 5.92 Å². The van der Waals surface area contributed by atoms with E-state index in [-0.39, 0.29) is 12.6 Å². The summed E-state index contributed by atoms with van der Waals surface area (Å²) in [6, 6.07) is 1.14. The van der Waals surface area contributed by atoms with Crippen molar-refractivity contribution in [3.05, 3.63) is 47.2 Å². The molecule has 8 heteroatoms. The number of hydrogen-bond acceptors (Lipinski definition) is 3. The minimum Gasteiger partial charge on any atom is -0.378 e. The van der Waals surface area contributed by atoms with Crippen LogP contribution in [0.5, 0.6) is 0 Å². The Labute approximate surface area is 170 Å². The quantitative estimate of drug-likeness (QED) is 0.665. The van der Waals surface area contributed by atoms with Crippen LogP contribution in [-0.4, -0.2) is 36.7 Å². The second-order valence-corrected chi connectivity index (χ2v) is 7.61. The highest BCUT2D eigenvalue weighted by molar-refractivity contribution is 5.96. The molecule has 1 heterocycles. The number of imide groups is 1. The molecule has 6 nitrogen and oxygen atoms in total. The van der Waals surface area contributed by atoms with E-state index in [4.69, 9.17) is 4.74 Å². The minimum absolute atomic E-state index is 0.0877. The Kier molecular flexibility index (Phi) is 8.13. The van der Waals surface area contributed by atoms with Gasteiger partial charge >= 0.3 is 12.1 Å². The lowest BCUT2D eigenvalue weighted by Gasteiger charge is -2.34. The highest BCUT2D eigenvalue weighted by Crippen LogP contribution is 2.28. The van der Waals surface area contributed by atoms with Gasteiger partial charge in [0.1, 0.15) is 0 Å². The fraction of sp³-hybridized carbons (Fsp3) is 0.524. The first-order valence-corrected chi connectivity index (χ1v) is 9.82. The van der Waals surface area contributed by atoms with E-state index in [1.165, 1.54) is 13.2 Å². The second-order valence-electron chi connectivity index (χ2n) is 7.61. The average molecular weight is 409 g/mol. The van der Waals surface area contributed by atoms with Gasteiger partial charge in [-0.2, -0.15) is 0 Å². The molecule has 0 fully saturated rings. The SMILES string of the molecule is CCCC(CC(C)C)NC(=O)N1C(=O)NC(COC)=CC1c1ccc(F)c(F)c1. The molecule has 1 aliphatic heterocycles. The van der Waals surface area contributed by atoms with Crippen LogP contribution >= 0.6 is 0 Å². The van der Waals surface area contributed by atoms with Gasteiger partial charge in [0, 0.05) is 18.8 Å². The first kappa shape index (κ1) is 22.8. The average Bonchev–Trinajstić information content (AvgIpc) is 2.63. The Balaban J connectivity index is 2.35. The van der Waals surface area contributed by atoms with Crippen LogP contribution in [0.1, 0.15) is 51.6 Å². The largest absolute Gasteiger partial charge is 0.378 e. The molecule has 2 N–H and O–H groups in total. The zero-order valence-electron chi connectivity index (χ0n) is 17.3. The number of ether oxygens (including phenoxy) is 1. The normalized spacial score (nSPS) is 17.8. The number of urea groups is 2. The lowest BCUT2D eigenvalue weighted by molar-refractivity contribution is 0.165. The predicted octanol–water partition coefficient (Wildman–Crippen LogP) is 4.49. The molecule has 2 unspecified atom stereocenters. The van der Waals surface area contributed by atoms with Crippen LogP contribution in [0.4, 0.5) is 18.4 Å². The van der Waals surface area contributed by atoms with Crippen LogP contribution < -0.4 is 10.6 Å². The zero-order valence-corrected chi connectivity index (χ0v) is 17.3. The van der Waals surface area contributed by atoms with E-state index in [2.05, 4.69) is 24.5 Å². The van der Waals surface area contributed by atoms with Crippen LogP contribution in [0.15, 0.2) is 30.0 Å². The fourth-order valence-electron chi connectivity index (χ4n) is 3.44. The van der Waals surface area contributed by atoms with Gasteiger partial charge < -0.3 is 15.4 Å². The molecule has 2 atom stereocenters. The van der Waals surface area contributed by atoms with Gasteiger partial charge in [-0.25, -0.2) is 23.3 Å². The molecule has 0 saturated heterocycles. The van der Waals surface area contributed by atoms with E-state index in [1.54, 1.807) is 6.08 Å². The van der Waals surface area contributed by atoms with Gasteiger partial charge in [0.25, 0.3) is 0 Å². The monoisotopic (exact) mass is 409 g/mol. The van der Waals surface area contributed by atoms with Crippen molar-refractivity contribution in [1.82, 2.24) is 15.5 Å². The van der Waals surface area contributed by atoms with Crippen molar-refractivity contribution in [3.8, 4) is 0 Å². The van der Waals surface area contributed by atoms with Gasteiger partial charge in [0.05, 0.1) is 12.6 Å². The standard InChI is InChI=1S/C21H29F2N3O3/c1-5-6-15(9-13(2)3)24-20(27)26-19(11-16(12-29-4)25-21(26)28)14-7-8-17(22)18(23)10-14/h7-8,10-11,13,15,19H,5-6,9,12H2,1-4H3,(H,24,27)(H,25,28). The number of benzene rings is 1. The van der Waals surface area contributed by atoms with Crippen LogP contribution in [0.3, 0.4) is 0 Å². The summed E-state index contributed by atoms with van der Waals surface area (Å²) in [6.07, 6.45) is 4.04. The van der Waals surface area contributed by atoms with E-state index in [1.807, 2.05) is 6.92 Å². The van der Waals surface area contributed by atoms with Crippen molar-refractivity contribution >= 4 is 12.1 Å². The molecule has 0 bridgehead atoms. The summed E-state index contributed by atoms with van der Waals surface area (Å²) in [5, 5.41) is 5.53. The number of amides is 4. The number of carbonyl (C=O) groups excluding carboxylic acids is 2. The van der Waals surface area contributed by atoms with E-state index >= 15 is 0 Å². The third-order valence-electron chi connectivity index (χ3n) is 4.65. The highest BCUT2D eigenvalue weighted by atomic mass is 19.2. The summed E-state index contributed by atoms with van der Waals surface area (Å²) in [5.41, 5.74) is 0.738. The lowest BCUT2D eigenvalue weighted by atomic mass is 9.99.